The van der Waals surface area contributed by atoms with Gasteiger partial charge in [0.25, 0.3) is 0 Å². The molecule has 4 rings (SSSR count). The number of rotatable bonds is 5. The summed E-state index contributed by atoms with van der Waals surface area (Å²) in [5, 5.41) is 22.8. The molecule has 146 valence electrons. The summed E-state index contributed by atoms with van der Waals surface area (Å²) in [5.41, 5.74) is 7.26. The minimum atomic E-state index is -1.15. The first-order chi connectivity index (χ1) is 14.0. The molecule has 0 fully saturated rings. The zero-order valence-corrected chi connectivity index (χ0v) is 15.2. The normalized spacial score (nSPS) is 16.0. The number of carboxylic acids is 1. The Morgan fingerprint density at radius 2 is 1.86 bits per heavy atom. The summed E-state index contributed by atoms with van der Waals surface area (Å²) in [6.07, 6.45) is 0.813. The molecule has 2 aromatic carbocycles. The molecule has 0 saturated carbocycles. The molecule has 0 radical (unpaired) electrons. The predicted octanol–water partition coefficient (Wildman–Crippen LogP) is 2.64. The Morgan fingerprint density at radius 3 is 2.52 bits per heavy atom. The summed E-state index contributed by atoms with van der Waals surface area (Å²) in [7, 11) is 0. The van der Waals surface area contributed by atoms with Crippen LogP contribution in [-0.4, -0.2) is 27.1 Å². The minimum Gasteiger partial charge on any atom is -0.508 e. The van der Waals surface area contributed by atoms with Crippen LogP contribution in [0.5, 0.6) is 5.75 Å². The van der Waals surface area contributed by atoms with Crippen LogP contribution < -0.4 is 16.0 Å². The van der Waals surface area contributed by atoms with E-state index < -0.39 is 24.1 Å². The molecule has 0 spiro atoms. The van der Waals surface area contributed by atoms with E-state index in [0.29, 0.717) is 11.4 Å². The highest BCUT2D eigenvalue weighted by atomic mass is 16.4. The monoisotopic (exact) mass is 390 g/mol. The Labute approximate surface area is 166 Å². The van der Waals surface area contributed by atoms with Crippen molar-refractivity contribution in [3.8, 4) is 5.75 Å². The molecule has 2 atom stereocenters. The number of hydrogen-bond acceptors (Lipinski definition) is 6. The zero-order valence-electron chi connectivity index (χ0n) is 15.2. The molecule has 8 nitrogen and oxygen atoms in total. The molecule has 0 saturated heterocycles. The quantitative estimate of drug-likeness (QED) is 0.527. The highest BCUT2D eigenvalue weighted by Crippen LogP contribution is 2.47. The third kappa shape index (κ3) is 3.20. The molecule has 2 heterocycles. The standard InChI is InChI=1S/C21H18N4O4/c22-18(27)16(13-7-4-8-14(26)11-13)25-17-15(21(28)29)9-10-23-19(17)24-20(25)12-5-2-1-3-6-12/h1-11,16,20,26H,(H2,22,27)(H,23,24)(H,28,29). The maximum Gasteiger partial charge on any atom is 0.338 e. The third-order valence-corrected chi connectivity index (χ3v) is 4.81. The number of aromatic carboxylic acids is 1. The molecule has 3 aromatic rings. The van der Waals surface area contributed by atoms with Gasteiger partial charge in [-0.3, -0.25) is 4.79 Å². The van der Waals surface area contributed by atoms with Crippen LogP contribution in [0.15, 0.2) is 66.9 Å². The van der Waals surface area contributed by atoms with Gasteiger partial charge in [0.2, 0.25) is 5.91 Å². The van der Waals surface area contributed by atoms with Crippen LogP contribution in [0.2, 0.25) is 0 Å². The van der Waals surface area contributed by atoms with Crippen LogP contribution in [0.1, 0.15) is 33.7 Å². The van der Waals surface area contributed by atoms with E-state index in [9.17, 15) is 19.8 Å². The van der Waals surface area contributed by atoms with Crippen molar-refractivity contribution in [1.29, 1.82) is 0 Å². The number of phenolic OH excluding ortho intramolecular Hbond substituents is 1. The first-order valence-electron chi connectivity index (χ1n) is 8.87. The number of aromatic hydroxyl groups is 1. The summed E-state index contributed by atoms with van der Waals surface area (Å²) >= 11 is 0. The number of benzene rings is 2. The van der Waals surface area contributed by atoms with Gasteiger partial charge < -0.3 is 26.2 Å². The number of phenols is 1. The molecule has 1 aliphatic heterocycles. The number of primary amides is 1. The number of carbonyl (C=O) groups is 2. The van der Waals surface area contributed by atoms with Crippen molar-refractivity contribution in [3.63, 3.8) is 0 Å². The van der Waals surface area contributed by atoms with Crippen molar-refractivity contribution in [2.45, 2.75) is 12.2 Å². The number of nitrogens with one attached hydrogen (secondary N) is 1. The van der Waals surface area contributed by atoms with Gasteiger partial charge in [-0.1, -0.05) is 42.5 Å². The largest absolute Gasteiger partial charge is 0.508 e. The van der Waals surface area contributed by atoms with E-state index in [1.54, 1.807) is 17.0 Å². The average molecular weight is 390 g/mol. The molecule has 0 bridgehead atoms. The third-order valence-electron chi connectivity index (χ3n) is 4.81. The molecule has 1 aliphatic rings. The van der Waals surface area contributed by atoms with Crippen LogP contribution in [-0.2, 0) is 4.79 Å². The Bertz CT molecular complexity index is 1090. The van der Waals surface area contributed by atoms with Crippen LogP contribution in [0.25, 0.3) is 0 Å². The summed E-state index contributed by atoms with van der Waals surface area (Å²) in [5.74, 6) is -1.53. The van der Waals surface area contributed by atoms with Crippen molar-refractivity contribution in [1.82, 2.24) is 4.98 Å². The number of nitrogens with two attached hydrogens (primary N) is 1. The van der Waals surface area contributed by atoms with Crippen LogP contribution in [0.3, 0.4) is 0 Å². The topological polar surface area (TPSA) is 129 Å². The van der Waals surface area contributed by atoms with E-state index in [1.807, 2.05) is 30.3 Å². The van der Waals surface area contributed by atoms with Crippen molar-refractivity contribution in [2.75, 3.05) is 10.2 Å². The lowest BCUT2D eigenvalue weighted by atomic mass is 10.0. The van der Waals surface area contributed by atoms with E-state index in [0.717, 1.165) is 5.56 Å². The average Bonchev–Trinajstić information content (AvgIpc) is 3.08. The lowest BCUT2D eigenvalue weighted by molar-refractivity contribution is -0.119. The predicted molar refractivity (Wildman–Crippen MR) is 107 cm³/mol. The highest BCUT2D eigenvalue weighted by Gasteiger charge is 2.41. The van der Waals surface area contributed by atoms with Gasteiger partial charge in [-0.2, -0.15) is 0 Å². The maximum atomic E-state index is 12.6. The molecule has 1 aromatic heterocycles. The van der Waals surface area contributed by atoms with Gasteiger partial charge >= 0.3 is 5.97 Å². The molecule has 8 heteroatoms. The van der Waals surface area contributed by atoms with Gasteiger partial charge in [0.1, 0.15) is 18.0 Å². The van der Waals surface area contributed by atoms with E-state index in [-0.39, 0.29) is 17.0 Å². The van der Waals surface area contributed by atoms with E-state index in [1.165, 1.54) is 24.4 Å². The van der Waals surface area contributed by atoms with Crippen LogP contribution in [0, 0.1) is 0 Å². The van der Waals surface area contributed by atoms with Crippen LogP contribution >= 0.6 is 0 Å². The molecule has 29 heavy (non-hydrogen) atoms. The van der Waals surface area contributed by atoms with E-state index in [2.05, 4.69) is 10.3 Å². The van der Waals surface area contributed by atoms with Crippen molar-refractivity contribution in [2.24, 2.45) is 5.73 Å². The second-order valence-corrected chi connectivity index (χ2v) is 6.63. The fourth-order valence-corrected chi connectivity index (χ4v) is 3.64. The first kappa shape index (κ1) is 18.3. The number of nitrogens with zero attached hydrogens (tertiary/aromatic N) is 2. The fraction of sp³-hybridized carbons (Fsp3) is 0.0952. The number of anilines is 2. The maximum absolute atomic E-state index is 12.6. The number of carboxylic acid groups (broad SMARTS) is 1. The summed E-state index contributed by atoms with van der Waals surface area (Å²) in [4.78, 5) is 30.3. The number of pyridine rings is 1. The summed E-state index contributed by atoms with van der Waals surface area (Å²) in [6, 6.07) is 15.8. The lowest BCUT2D eigenvalue weighted by Gasteiger charge is -2.34. The van der Waals surface area contributed by atoms with Gasteiger partial charge in [-0.15, -0.1) is 0 Å². The van der Waals surface area contributed by atoms with Gasteiger partial charge in [-0.25, -0.2) is 9.78 Å². The van der Waals surface area contributed by atoms with Crippen LogP contribution in [0.4, 0.5) is 11.5 Å². The number of carbonyl (C=O) groups excluding carboxylic acids is 1. The summed E-state index contributed by atoms with van der Waals surface area (Å²) in [6.45, 7) is 0. The molecule has 2 unspecified atom stereocenters. The minimum absolute atomic E-state index is 0.00710. The SMILES string of the molecule is NC(=O)C(c1cccc(O)c1)N1c2c(C(=O)O)ccnc2NC1c1ccccc1. The number of hydrogen-bond donors (Lipinski definition) is 4. The number of fused-ring (bicyclic) bond motifs is 1. The molecular weight excluding hydrogens is 372 g/mol. The highest BCUT2D eigenvalue weighted by molar-refractivity contribution is 6.01. The molecule has 0 aliphatic carbocycles. The van der Waals surface area contributed by atoms with Crippen molar-refractivity contribution < 1.29 is 19.8 Å². The van der Waals surface area contributed by atoms with Crippen molar-refractivity contribution in [3.05, 3.63) is 83.6 Å². The fourth-order valence-electron chi connectivity index (χ4n) is 3.64. The van der Waals surface area contributed by atoms with Crippen molar-refractivity contribution >= 4 is 23.4 Å². The second-order valence-electron chi connectivity index (χ2n) is 6.63. The second kappa shape index (κ2) is 7.16. The Kier molecular flexibility index (Phi) is 4.52. The Morgan fingerprint density at radius 1 is 1.10 bits per heavy atom. The van der Waals surface area contributed by atoms with E-state index >= 15 is 0 Å². The molecular formula is C21H18N4O4. The van der Waals surface area contributed by atoms with Gasteiger partial charge in [0.15, 0.2) is 5.82 Å². The lowest BCUT2D eigenvalue weighted by Crippen LogP contribution is -2.40. The Hall–Kier alpha value is -4.07. The first-order valence-corrected chi connectivity index (χ1v) is 8.87. The Balaban J connectivity index is 1.95. The van der Waals surface area contributed by atoms with Gasteiger partial charge in [-0.05, 0) is 29.3 Å². The zero-order chi connectivity index (χ0) is 20.5. The molecule has 5 N–H and O–H groups in total. The number of aromatic nitrogens is 1. The molecule has 1 amide bonds. The van der Waals surface area contributed by atoms with Gasteiger partial charge in [0.05, 0.1) is 11.3 Å². The van der Waals surface area contributed by atoms with E-state index in [4.69, 9.17) is 5.73 Å². The summed E-state index contributed by atoms with van der Waals surface area (Å²) < 4.78 is 0. The smallest absolute Gasteiger partial charge is 0.338 e. The number of amides is 1. The van der Waals surface area contributed by atoms with Gasteiger partial charge in [0, 0.05) is 6.20 Å².